The largest absolute Gasteiger partial charge is 0.310 e. The van der Waals surface area contributed by atoms with Gasteiger partial charge in [-0.15, -0.1) is 0 Å². The van der Waals surface area contributed by atoms with Crippen LogP contribution in [0.4, 0.5) is 34.1 Å². The van der Waals surface area contributed by atoms with Gasteiger partial charge in [-0.05, 0) is 317 Å². The number of fused-ring (bicyclic) bond motifs is 20. The molecule has 0 unspecified atom stereocenters. The molecule has 0 saturated carbocycles. The molecule has 0 heterocycles. The van der Waals surface area contributed by atoms with E-state index < -0.39 is 0 Å². The molecule has 2 heteroatoms. The molecule has 0 radical (unpaired) electrons. The monoisotopic (exact) mass is 1730 g/mol. The average Bonchev–Trinajstić information content (AvgIpc) is 1.37. The Balaban J connectivity index is 0.000000146. The van der Waals surface area contributed by atoms with Gasteiger partial charge in [-0.2, -0.15) is 0 Å². The smallest absolute Gasteiger partial charge is 0.0468 e. The second kappa shape index (κ2) is 33.1. The molecular weight excluding hydrogens is 1640 g/mol. The summed E-state index contributed by atoms with van der Waals surface area (Å²) < 4.78 is 0. The maximum Gasteiger partial charge on any atom is 0.0468 e. The predicted octanol–water partition coefficient (Wildman–Crippen LogP) is 37.5. The van der Waals surface area contributed by atoms with E-state index in [1.54, 1.807) is 0 Å². The molecule has 26 rings (SSSR count). The maximum atomic E-state index is 2.47. The first-order chi connectivity index (χ1) is 67.0. The van der Waals surface area contributed by atoms with E-state index in [4.69, 9.17) is 0 Å². The standard InChI is InChI=1S/C71H49N.C63H45N/c1-71(2)66-28-16-15-26-59(66)60-39-35-54(43-67(60)71)48-29-31-50(32-30-48)63-45-64(49-19-5-3-6-20-49)69-61-27-14-13-25-58(61)65-44-57(38-40-62(65)70(69)68(63)51-21-7-4-8-22-51)72(55-36-33-46-17-9-11-23-52(46)41-55)56-37-34-47-18-10-12-24-53(47)42-56;1-63(2)58-30-18-17-28-51(58)52-37-35-46(39-59(52)63)42-31-33-44(34-32-42)55-41-56(43-19-7-3-8-20-43)61-53-29-16-15-27-50(53)57-40-49(36-38-54(57)62(61)60(55)45-21-9-4-10-22-45)64(47-23-11-5-12-24-47)48-25-13-6-14-26-48/h3-45H,1-2H3;3-41H,1-2H3. The third-order valence-electron chi connectivity index (χ3n) is 29.2. The van der Waals surface area contributed by atoms with Gasteiger partial charge in [0, 0.05) is 45.0 Å². The van der Waals surface area contributed by atoms with Crippen LogP contribution in [0.5, 0.6) is 0 Å². The predicted molar refractivity (Wildman–Crippen MR) is 581 cm³/mol. The van der Waals surface area contributed by atoms with E-state index in [1.165, 1.54) is 220 Å². The lowest BCUT2D eigenvalue weighted by molar-refractivity contribution is 0.660. The molecule has 24 aromatic rings. The van der Waals surface area contributed by atoms with Gasteiger partial charge in [0.05, 0.1) is 0 Å². The number of para-hydroxylation sites is 2. The Morgan fingerprint density at radius 1 is 0.140 bits per heavy atom. The van der Waals surface area contributed by atoms with Gasteiger partial charge < -0.3 is 9.80 Å². The highest BCUT2D eigenvalue weighted by molar-refractivity contribution is 6.35. The zero-order valence-corrected chi connectivity index (χ0v) is 76.2. The molecule has 0 fully saturated rings. The van der Waals surface area contributed by atoms with Crippen LogP contribution in [0.25, 0.3) is 197 Å². The van der Waals surface area contributed by atoms with Gasteiger partial charge >= 0.3 is 0 Å². The summed E-state index contributed by atoms with van der Waals surface area (Å²) in [5, 5.41) is 19.8. The van der Waals surface area contributed by atoms with Gasteiger partial charge in [-0.1, -0.05) is 428 Å². The van der Waals surface area contributed by atoms with Crippen molar-refractivity contribution >= 4 is 120 Å². The Hall–Kier alpha value is -17.0. The Labute approximate surface area is 793 Å². The number of hydrogen-bond donors (Lipinski definition) is 0. The lowest BCUT2D eigenvalue weighted by Gasteiger charge is -2.27. The van der Waals surface area contributed by atoms with Gasteiger partial charge in [0.15, 0.2) is 0 Å². The molecule has 136 heavy (non-hydrogen) atoms. The second-order valence-corrected chi connectivity index (χ2v) is 37.6. The molecule has 0 amide bonds. The molecule has 0 atom stereocenters. The first-order valence-electron chi connectivity index (χ1n) is 47.5. The molecule has 640 valence electrons. The van der Waals surface area contributed by atoms with Gasteiger partial charge in [0.1, 0.15) is 0 Å². The first-order valence-corrected chi connectivity index (χ1v) is 47.5. The molecule has 0 N–H and O–H groups in total. The highest BCUT2D eigenvalue weighted by atomic mass is 15.1. The van der Waals surface area contributed by atoms with Crippen molar-refractivity contribution in [3.8, 4) is 111 Å². The maximum absolute atomic E-state index is 2.47. The van der Waals surface area contributed by atoms with Crippen LogP contribution in [-0.4, -0.2) is 0 Å². The van der Waals surface area contributed by atoms with Crippen molar-refractivity contribution < 1.29 is 0 Å². The second-order valence-electron chi connectivity index (χ2n) is 37.6. The quantitative estimate of drug-likeness (QED) is 0.100. The fourth-order valence-electron chi connectivity index (χ4n) is 22.6. The van der Waals surface area contributed by atoms with E-state index in [-0.39, 0.29) is 10.8 Å². The Morgan fingerprint density at radius 3 is 0.816 bits per heavy atom. The summed E-state index contributed by atoms with van der Waals surface area (Å²) in [5.74, 6) is 0. The van der Waals surface area contributed by atoms with Crippen molar-refractivity contribution in [2.45, 2.75) is 38.5 Å². The zero-order chi connectivity index (χ0) is 90.7. The van der Waals surface area contributed by atoms with Crippen LogP contribution in [0.1, 0.15) is 49.9 Å². The van der Waals surface area contributed by atoms with Crippen LogP contribution >= 0.6 is 0 Å². The minimum Gasteiger partial charge on any atom is -0.310 e. The topological polar surface area (TPSA) is 6.48 Å². The Bertz CT molecular complexity index is 8730. The van der Waals surface area contributed by atoms with Crippen molar-refractivity contribution in [1.29, 1.82) is 0 Å². The summed E-state index contributed by atoms with van der Waals surface area (Å²) in [6, 6.07) is 184. The minimum atomic E-state index is -0.0652. The van der Waals surface area contributed by atoms with Crippen LogP contribution in [-0.2, 0) is 10.8 Å². The van der Waals surface area contributed by atoms with Crippen LogP contribution in [0, 0.1) is 0 Å². The summed E-state index contributed by atoms with van der Waals surface area (Å²) in [6.07, 6.45) is 0. The molecule has 0 bridgehead atoms. The minimum absolute atomic E-state index is 0.0551. The summed E-state index contributed by atoms with van der Waals surface area (Å²) >= 11 is 0. The third-order valence-corrected chi connectivity index (χ3v) is 29.2. The molecule has 2 nitrogen and oxygen atoms in total. The van der Waals surface area contributed by atoms with E-state index in [9.17, 15) is 0 Å². The van der Waals surface area contributed by atoms with Gasteiger partial charge in [0.25, 0.3) is 0 Å². The van der Waals surface area contributed by atoms with Crippen LogP contribution in [0.3, 0.4) is 0 Å². The van der Waals surface area contributed by atoms with Gasteiger partial charge in [-0.3, -0.25) is 0 Å². The summed E-state index contributed by atoms with van der Waals surface area (Å²) in [7, 11) is 0. The summed E-state index contributed by atoms with van der Waals surface area (Å²) in [5.41, 5.74) is 36.9. The molecule has 0 spiro atoms. The van der Waals surface area contributed by atoms with Crippen molar-refractivity contribution in [2.75, 3.05) is 9.80 Å². The normalized spacial score (nSPS) is 12.7. The highest BCUT2D eigenvalue weighted by Gasteiger charge is 2.38. The summed E-state index contributed by atoms with van der Waals surface area (Å²) in [6.45, 7) is 9.43. The van der Waals surface area contributed by atoms with Crippen molar-refractivity contribution in [1.82, 2.24) is 0 Å². The van der Waals surface area contributed by atoms with Gasteiger partial charge in [0.2, 0.25) is 0 Å². The Kier molecular flexibility index (Phi) is 19.7. The molecular formula is C134H94N2. The number of anilines is 6. The van der Waals surface area contributed by atoms with E-state index in [0.29, 0.717) is 0 Å². The summed E-state index contributed by atoms with van der Waals surface area (Å²) in [4.78, 5) is 4.80. The fraction of sp³-hybridized carbons (Fsp3) is 0.0448. The van der Waals surface area contributed by atoms with Crippen molar-refractivity contribution in [2.24, 2.45) is 0 Å². The molecule has 2 aliphatic carbocycles. The molecule has 0 aromatic heterocycles. The SMILES string of the molecule is CC1(C)c2ccccc2-c2ccc(-c3ccc(-c4cc(-c5ccccc5)c5c6ccccc6c6cc(N(c7ccc8ccccc8c7)c7ccc8ccccc8c7)ccc6c5c4-c4ccccc4)cc3)cc21.CC1(C)c2ccccc2-c2ccc(-c3ccc(-c4cc(-c5ccccc5)c5c6ccccc6c6cc(N(c7ccccc7)c7ccccc7)ccc6c5c4-c4ccccc4)cc3)cc21. The fourth-order valence-corrected chi connectivity index (χ4v) is 22.6. The molecule has 2 aliphatic rings. The van der Waals surface area contributed by atoms with Gasteiger partial charge in [-0.25, -0.2) is 0 Å². The van der Waals surface area contributed by atoms with Crippen LogP contribution in [0.15, 0.2) is 497 Å². The first kappa shape index (κ1) is 81.0. The molecule has 0 aliphatic heterocycles. The lowest BCUT2D eigenvalue weighted by atomic mass is 9.81. The number of hydrogen-bond acceptors (Lipinski definition) is 2. The average molecular weight is 1730 g/mol. The number of benzene rings is 24. The highest BCUT2D eigenvalue weighted by Crippen LogP contribution is 2.57. The van der Waals surface area contributed by atoms with E-state index in [1.807, 2.05) is 0 Å². The number of rotatable bonds is 14. The molecule has 0 saturated heterocycles. The van der Waals surface area contributed by atoms with Crippen molar-refractivity contribution in [3.63, 3.8) is 0 Å². The molecule has 24 aromatic carbocycles. The van der Waals surface area contributed by atoms with E-state index in [2.05, 4.69) is 535 Å². The third kappa shape index (κ3) is 13.7. The van der Waals surface area contributed by atoms with Crippen LogP contribution < -0.4 is 9.80 Å². The van der Waals surface area contributed by atoms with Crippen LogP contribution in [0.2, 0.25) is 0 Å². The Morgan fingerprint density at radius 2 is 0.419 bits per heavy atom. The van der Waals surface area contributed by atoms with Crippen molar-refractivity contribution in [3.05, 3.63) is 520 Å². The lowest BCUT2D eigenvalue weighted by Crippen LogP contribution is -2.14. The van der Waals surface area contributed by atoms with E-state index >= 15 is 0 Å². The van der Waals surface area contributed by atoms with E-state index in [0.717, 1.165) is 34.1 Å². The number of nitrogens with zero attached hydrogens (tertiary/aromatic N) is 2. The zero-order valence-electron chi connectivity index (χ0n) is 76.2.